The molecule has 3 nitrogen and oxygen atoms in total. The Morgan fingerprint density at radius 2 is 1.59 bits per heavy atom. The monoisotopic (exact) mass is 501 g/mol. The first-order valence-electron chi connectivity index (χ1n) is 14.8. The Balaban J connectivity index is 1.34. The fraction of sp³-hybridized carbons (Fsp3) is 0.559. The van der Waals surface area contributed by atoms with Crippen LogP contribution in [0, 0.1) is 19.8 Å². The number of aryl methyl sites for hydroxylation is 2. The van der Waals surface area contributed by atoms with E-state index in [1.807, 2.05) is 0 Å². The Kier molecular flexibility index (Phi) is 10.4. The van der Waals surface area contributed by atoms with Crippen LogP contribution in [0.15, 0.2) is 48.0 Å². The first kappa shape index (κ1) is 27.6. The lowest BCUT2D eigenvalue weighted by atomic mass is 9.89. The molecule has 0 saturated carbocycles. The summed E-state index contributed by atoms with van der Waals surface area (Å²) < 4.78 is 6.16. The minimum absolute atomic E-state index is 0.0511. The lowest BCUT2D eigenvalue weighted by molar-refractivity contribution is -0.136. The molecule has 4 rings (SSSR count). The van der Waals surface area contributed by atoms with Gasteiger partial charge in [0.05, 0.1) is 0 Å². The van der Waals surface area contributed by atoms with Crippen LogP contribution < -0.4 is 0 Å². The number of allylic oxidation sites excluding steroid dienone is 1. The Bertz CT molecular complexity index is 1050. The molecule has 2 aliphatic rings. The number of benzene rings is 2. The zero-order valence-corrected chi connectivity index (χ0v) is 23.5. The number of piperidine rings is 1. The predicted molar refractivity (Wildman–Crippen MR) is 154 cm³/mol. The highest BCUT2D eigenvalue weighted by Crippen LogP contribution is 2.40. The predicted octanol–water partition coefficient (Wildman–Crippen LogP) is 8.56. The second kappa shape index (κ2) is 14.0. The summed E-state index contributed by atoms with van der Waals surface area (Å²) in [6.45, 7) is 9.92. The van der Waals surface area contributed by atoms with E-state index in [0.29, 0.717) is 12.3 Å². The molecule has 0 aromatic heterocycles. The van der Waals surface area contributed by atoms with Crippen molar-refractivity contribution in [3.63, 3.8) is 0 Å². The van der Waals surface area contributed by atoms with Crippen LogP contribution in [0.4, 0.5) is 0 Å². The minimum atomic E-state index is -0.0511. The lowest BCUT2D eigenvalue weighted by Crippen LogP contribution is -2.33. The maximum absolute atomic E-state index is 12.9. The van der Waals surface area contributed by atoms with Crippen molar-refractivity contribution >= 4 is 11.7 Å². The third-order valence-electron chi connectivity index (χ3n) is 8.38. The average molecular weight is 502 g/mol. The Hall–Kier alpha value is -2.39. The molecule has 1 fully saturated rings. The second-order valence-electron chi connectivity index (χ2n) is 11.5. The van der Waals surface area contributed by atoms with Crippen LogP contribution in [-0.2, 0) is 22.5 Å². The SMILES string of the molecule is CCCCCCCCCC(=O)OC1=C(CC2CCN(Cc3ccccc3)CC2)Cc2cc(C)c(C)cc21. The maximum atomic E-state index is 12.9. The third kappa shape index (κ3) is 8.04. The van der Waals surface area contributed by atoms with Crippen molar-refractivity contribution in [2.45, 2.75) is 104 Å². The standard InChI is InChI=1S/C34H47NO2/c1-4-5-6-7-8-9-13-16-33(36)37-34-31(24-30-21-26(2)27(3)22-32(30)34)23-28-17-19-35(20-18-28)25-29-14-11-10-12-15-29/h10-12,14-15,21-22,28H,4-9,13,16-20,23-25H2,1-3H3. The fourth-order valence-corrected chi connectivity index (χ4v) is 5.96. The number of hydrogen-bond acceptors (Lipinski definition) is 3. The highest BCUT2D eigenvalue weighted by molar-refractivity contribution is 5.82. The van der Waals surface area contributed by atoms with Gasteiger partial charge in [-0.15, -0.1) is 0 Å². The van der Waals surface area contributed by atoms with Crippen LogP contribution in [-0.4, -0.2) is 24.0 Å². The van der Waals surface area contributed by atoms with Crippen molar-refractivity contribution in [3.8, 4) is 0 Å². The molecule has 0 bridgehead atoms. The van der Waals surface area contributed by atoms with Crippen molar-refractivity contribution in [1.29, 1.82) is 0 Å². The fourth-order valence-electron chi connectivity index (χ4n) is 5.96. The zero-order chi connectivity index (χ0) is 26.0. The molecule has 3 heteroatoms. The van der Waals surface area contributed by atoms with Crippen molar-refractivity contribution in [2.24, 2.45) is 5.92 Å². The van der Waals surface area contributed by atoms with Gasteiger partial charge in [0, 0.05) is 18.5 Å². The van der Waals surface area contributed by atoms with Gasteiger partial charge < -0.3 is 4.74 Å². The van der Waals surface area contributed by atoms with Crippen LogP contribution >= 0.6 is 0 Å². The second-order valence-corrected chi connectivity index (χ2v) is 11.5. The van der Waals surface area contributed by atoms with Gasteiger partial charge in [-0.25, -0.2) is 0 Å². The van der Waals surface area contributed by atoms with E-state index in [1.54, 1.807) is 0 Å². The number of rotatable bonds is 13. The molecule has 0 N–H and O–H groups in total. The molecule has 2 aromatic rings. The number of esters is 1. The van der Waals surface area contributed by atoms with E-state index in [0.717, 1.165) is 56.6 Å². The number of hydrogen-bond donors (Lipinski definition) is 0. The van der Waals surface area contributed by atoms with Crippen LogP contribution in [0.2, 0.25) is 0 Å². The quantitative estimate of drug-likeness (QED) is 0.203. The molecule has 2 aromatic carbocycles. The first-order chi connectivity index (χ1) is 18.0. The van der Waals surface area contributed by atoms with Gasteiger partial charge in [0.2, 0.25) is 0 Å². The van der Waals surface area contributed by atoms with Crippen LogP contribution in [0.3, 0.4) is 0 Å². The van der Waals surface area contributed by atoms with Crippen molar-refractivity contribution in [3.05, 3.63) is 75.9 Å². The van der Waals surface area contributed by atoms with E-state index >= 15 is 0 Å². The minimum Gasteiger partial charge on any atom is -0.426 e. The van der Waals surface area contributed by atoms with Gasteiger partial charge in [0.1, 0.15) is 5.76 Å². The normalized spacial score (nSPS) is 16.3. The van der Waals surface area contributed by atoms with E-state index < -0.39 is 0 Å². The van der Waals surface area contributed by atoms with Gasteiger partial charge in [-0.1, -0.05) is 81.8 Å². The van der Waals surface area contributed by atoms with Gasteiger partial charge in [-0.05, 0) is 98.9 Å². The van der Waals surface area contributed by atoms with Crippen LogP contribution in [0.5, 0.6) is 0 Å². The number of unbranched alkanes of at least 4 members (excludes halogenated alkanes) is 6. The summed E-state index contributed by atoms with van der Waals surface area (Å²) in [5, 5.41) is 0. The Morgan fingerprint density at radius 1 is 0.919 bits per heavy atom. The zero-order valence-electron chi connectivity index (χ0n) is 23.5. The van der Waals surface area contributed by atoms with E-state index in [4.69, 9.17) is 4.74 Å². The Morgan fingerprint density at radius 3 is 2.32 bits per heavy atom. The topological polar surface area (TPSA) is 29.5 Å². The molecule has 200 valence electrons. The van der Waals surface area contributed by atoms with Gasteiger partial charge in [-0.2, -0.15) is 0 Å². The molecule has 0 spiro atoms. The van der Waals surface area contributed by atoms with E-state index in [9.17, 15) is 4.79 Å². The third-order valence-corrected chi connectivity index (χ3v) is 8.38. The average Bonchev–Trinajstić information content (AvgIpc) is 3.20. The first-order valence-corrected chi connectivity index (χ1v) is 14.8. The molecule has 1 heterocycles. The number of carbonyl (C=O) groups excluding carboxylic acids is 1. The molecule has 1 saturated heterocycles. The van der Waals surface area contributed by atoms with E-state index in [2.05, 4.69) is 68.1 Å². The Labute approximate surface area is 225 Å². The number of fused-ring (bicyclic) bond motifs is 1. The van der Waals surface area contributed by atoms with Gasteiger partial charge in [0.25, 0.3) is 0 Å². The molecule has 1 aliphatic heterocycles. The summed E-state index contributed by atoms with van der Waals surface area (Å²) in [5.41, 5.74) is 7.83. The molecule has 37 heavy (non-hydrogen) atoms. The van der Waals surface area contributed by atoms with Crippen molar-refractivity contribution in [1.82, 2.24) is 4.90 Å². The van der Waals surface area contributed by atoms with Gasteiger partial charge >= 0.3 is 5.97 Å². The molecular formula is C34H47NO2. The van der Waals surface area contributed by atoms with Gasteiger partial charge in [0.15, 0.2) is 0 Å². The summed E-state index contributed by atoms with van der Waals surface area (Å²) >= 11 is 0. The van der Waals surface area contributed by atoms with E-state index in [-0.39, 0.29) is 5.97 Å². The maximum Gasteiger partial charge on any atom is 0.311 e. The molecular weight excluding hydrogens is 454 g/mol. The highest BCUT2D eigenvalue weighted by Gasteiger charge is 2.29. The number of likely N-dealkylation sites (tertiary alicyclic amines) is 1. The summed E-state index contributed by atoms with van der Waals surface area (Å²) in [6.07, 6.45) is 13.4. The number of ether oxygens (including phenoxy) is 1. The summed E-state index contributed by atoms with van der Waals surface area (Å²) in [5.74, 6) is 1.50. The van der Waals surface area contributed by atoms with Crippen molar-refractivity contribution < 1.29 is 9.53 Å². The van der Waals surface area contributed by atoms with Gasteiger partial charge in [-0.3, -0.25) is 9.69 Å². The highest BCUT2D eigenvalue weighted by atomic mass is 16.5. The van der Waals surface area contributed by atoms with Crippen LogP contribution in [0.1, 0.15) is 105 Å². The largest absolute Gasteiger partial charge is 0.426 e. The number of nitrogens with zero attached hydrogens (tertiary/aromatic N) is 1. The van der Waals surface area contributed by atoms with Crippen LogP contribution in [0.25, 0.3) is 5.76 Å². The molecule has 1 aliphatic carbocycles. The molecule has 0 radical (unpaired) electrons. The molecule has 0 atom stereocenters. The summed E-state index contributed by atoms with van der Waals surface area (Å²) in [4.78, 5) is 15.5. The van der Waals surface area contributed by atoms with E-state index in [1.165, 1.54) is 72.8 Å². The molecule has 0 unspecified atom stereocenters. The number of carbonyl (C=O) groups is 1. The summed E-state index contributed by atoms with van der Waals surface area (Å²) in [7, 11) is 0. The smallest absolute Gasteiger partial charge is 0.311 e. The molecule has 0 amide bonds. The lowest BCUT2D eigenvalue weighted by Gasteiger charge is -2.32. The summed E-state index contributed by atoms with van der Waals surface area (Å²) in [6, 6.07) is 15.4. The van der Waals surface area contributed by atoms with Crippen molar-refractivity contribution in [2.75, 3.05) is 13.1 Å².